The van der Waals surface area contributed by atoms with E-state index in [2.05, 4.69) is 15.5 Å². The molecule has 2 fully saturated rings. The summed E-state index contributed by atoms with van der Waals surface area (Å²) in [6.07, 6.45) is 5.30. The molecule has 2 N–H and O–H groups in total. The smallest absolute Gasteiger partial charge is 0.183 e. The third-order valence-corrected chi connectivity index (χ3v) is 4.89. The fraction of sp³-hybridized carbons (Fsp3) is 0.500. The van der Waals surface area contributed by atoms with Crippen molar-refractivity contribution in [2.24, 2.45) is 11.3 Å². The van der Waals surface area contributed by atoms with Gasteiger partial charge in [-0.25, -0.2) is 4.68 Å². The normalized spacial score (nSPS) is 20.1. The fourth-order valence-electron chi connectivity index (χ4n) is 3.07. The Labute approximate surface area is 122 Å². The van der Waals surface area contributed by atoms with Gasteiger partial charge < -0.3 is 5.73 Å². The SMILES string of the molecule is Nc1ccc(Cl)c(-c2nnnn2CC2(C3CC3)CC2)c1. The quantitative estimate of drug-likeness (QED) is 0.879. The third kappa shape index (κ3) is 1.97. The van der Waals surface area contributed by atoms with Gasteiger partial charge in [0.25, 0.3) is 0 Å². The molecule has 2 aromatic rings. The molecule has 2 saturated carbocycles. The Kier molecular flexibility index (Phi) is 2.54. The summed E-state index contributed by atoms with van der Waals surface area (Å²) in [6, 6.07) is 5.41. The van der Waals surface area contributed by atoms with Crippen LogP contribution in [-0.4, -0.2) is 20.2 Å². The second-order valence-corrected chi connectivity index (χ2v) is 6.44. The highest BCUT2D eigenvalue weighted by Crippen LogP contribution is 2.62. The molecule has 1 heterocycles. The second-order valence-electron chi connectivity index (χ2n) is 6.04. The van der Waals surface area contributed by atoms with E-state index >= 15 is 0 Å². The van der Waals surface area contributed by atoms with Crippen molar-refractivity contribution in [3.8, 4) is 11.4 Å². The van der Waals surface area contributed by atoms with Crippen LogP contribution in [0.15, 0.2) is 18.2 Å². The second kappa shape index (κ2) is 4.19. The van der Waals surface area contributed by atoms with Gasteiger partial charge in [-0.3, -0.25) is 0 Å². The van der Waals surface area contributed by atoms with Gasteiger partial charge in [0.15, 0.2) is 5.82 Å². The minimum Gasteiger partial charge on any atom is -0.399 e. The summed E-state index contributed by atoms with van der Waals surface area (Å²) in [5.41, 5.74) is 7.76. The average Bonchev–Trinajstić information content (AvgIpc) is 3.32. The van der Waals surface area contributed by atoms with Crippen molar-refractivity contribution in [3.63, 3.8) is 0 Å². The summed E-state index contributed by atoms with van der Waals surface area (Å²) in [5.74, 6) is 1.59. The lowest BCUT2D eigenvalue weighted by Crippen LogP contribution is -2.16. The van der Waals surface area contributed by atoms with Crippen LogP contribution in [0.25, 0.3) is 11.4 Å². The van der Waals surface area contributed by atoms with Crippen LogP contribution in [0.5, 0.6) is 0 Å². The van der Waals surface area contributed by atoms with Crippen LogP contribution < -0.4 is 5.73 Å². The Morgan fingerprint density at radius 2 is 2.15 bits per heavy atom. The molecule has 6 heteroatoms. The molecule has 4 rings (SSSR count). The van der Waals surface area contributed by atoms with Crippen molar-refractivity contribution in [3.05, 3.63) is 23.2 Å². The molecule has 2 aliphatic rings. The molecule has 1 aromatic heterocycles. The van der Waals surface area contributed by atoms with Gasteiger partial charge in [-0.2, -0.15) is 0 Å². The van der Waals surface area contributed by atoms with Crippen molar-refractivity contribution >= 4 is 17.3 Å². The van der Waals surface area contributed by atoms with E-state index in [1.165, 1.54) is 25.7 Å². The van der Waals surface area contributed by atoms with E-state index < -0.39 is 0 Å². The maximum Gasteiger partial charge on any atom is 0.183 e. The molecule has 0 unspecified atom stereocenters. The first-order chi connectivity index (χ1) is 9.68. The number of anilines is 1. The van der Waals surface area contributed by atoms with E-state index in [0.29, 0.717) is 21.9 Å². The predicted molar refractivity (Wildman–Crippen MR) is 77.1 cm³/mol. The summed E-state index contributed by atoms with van der Waals surface area (Å²) in [4.78, 5) is 0. The zero-order valence-electron chi connectivity index (χ0n) is 11.1. The minimum atomic E-state index is 0.441. The van der Waals surface area contributed by atoms with Crippen molar-refractivity contribution in [2.75, 3.05) is 5.73 Å². The van der Waals surface area contributed by atoms with Gasteiger partial charge in [-0.1, -0.05) is 11.6 Å². The predicted octanol–water partition coefficient (Wildman–Crippen LogP) is 2.77. The van der Waals surface area contributed by atoms with Gasteiger partial charge in [0.1, 0.15) is 0 Å². The number of halogens is 1. The van der Waals surface area contributed by atoms with E-state index in [4.69, 9.17) is 17.3 Å². The van der Waals surface area contributed by atoms with Gasteiger partial charge in [-0.15, -0.1) is 5.10 Å². The van der Waals surface area contributed by atoms with Crippen LogP contribution in [0.1, 0.15) is 25.7 Å². The van der Waals surface area contributed by atoms with Crippen LogP contribution in [0, 0.1) is 11.3 Å². The zero-order chi connectivity index (χ0) is 13.7. The first kappa shape index (κ1) is 12.1. The highest BCUT2D eigenvalue weighted by molar-refractivity contribution is 6.33. The Morgan fingerprint density at radius 3 is 2.85 bits per heavy atom. The molecule has 0 radical (unpaired) electrons. The van der Waals surface area contributed by atoms with E-state index in [1.54, 1.807) is 12.1 Å². The summed E-state index contributed by atoms with van der Waals surface area (Å²) < 4.78 is 1.89. The molecule has 0 saturated heterocycles. The van der Waals surface area contributed by atoms with Crippen molar-refractivity contribution in [1.82, 2.24) is 20.2 Å². The van der Waals surface area contributed by atoms with Crippen LogP contribution in [0.2, 0.25) is 5.02 Å². The lowest BCUT2D eigenvalue weighted by Gasteiger charge is -2.15. The van der Waals surface area contributed by atoms with Gasteiger partial charge in [0.05, 0.1) is 11.6 Å². The van der Waals surface area contributed by atoms with Crippen molar-refractivity contribution in [1.29, 1.82) is 0 Å². The molecule has 0 spiro atoms. The molecular weight excluding hydrogens is 274 g/mol. The average molecular weight is 290 g/mol. The number of hydrogen-bond donors (Lipinski definition) is 1. The zero-order valence-corrected chi connectivity index (χ0v) is 11.8. The Morgan fingerprint density at radius 1 is 1.35 bits per heavy atom. The molecule has 2 aliphatic carbocycles. The van der Waals surface area contributed by atoms with Crippen LogP contribution >= 0.6 is 11.6 Å². The molecule has 20 heavy (non-hydrogen) atoms. The topological polar surface area (TPSA) is 69.6 Å². The largest absolute Gasteiger partial charge is 0.399 e. The number of nitrogens with two attached hydrogens (primary N) is 1. The van der Waals surface area contributed by atoms with Crippen LogP contribution in [0.4, 0.5) is 5.69 Å². The third-order valence-electron chi connectivity index (χ3n) is 4.56. The first-order valence-electron chi connectivity index (χ1n) is 6.99. The van der Waals surface area contributed by atoms with E-state index in [1.807, 2.05) is 10.7 Å². The van der Waals surface area contributed by atoms with Crippen molar-refractivity contribution in [2.45, 2.75) is 32.2 Å². The summed E-state index contributed by atoms with van der Waals surface area (Å²) >= 11 is 6.26. The summed E-state index contributed by atoms with van der Waals surface area (Å²) in [6.45, 7) is 0.894. The molecule has 0 bridgehead atoms. The number of rotatable bonds is 4. The number of nitrogen functional groups attached to an aromatic ring is 1. The number of aromatic nitrogens is 4. The molecule has 0 atom stereocenters. The Balaban J connectivity index is 1.69. The molecule has 0 aliphatic heterocycles. The van der Waals surface area contributed by atoms with E-state index in [-0.39, 0.29) is 0 Å². The monoisotopic (exact) mass is 289 g/mol. The lowest BCUT2D eigenvalue weighted by molar-refractivity contribution is 0.348. The maximum absolute atomic E-state index is 6.26. The Hall–Kier alpha value is -1.62. The highest BCUT2D eigenvalue weighted by atomic mass is 35.5. The molecular formula is C14H16ClN5. The number of benzene rings is 1. The number of hydrogen-bond acceptors (Lipinski definition) is 4. The Bertz CT molecular complexity index is 657. The molecule has 0 amide bonds. The van der Waals surface area contributed by atoms with Crippen LogP contribution in [0.3, 0.4) is 0 Å². The first-order valence-corrected chi connectivity index (χ1v) is 7.37. The summed E-state index contributed by atoms with van der Waals surface area (Å²) in [7, 11) is 0. The van der Waals surface area contributed by atoms with E-state index in [9.17, 15) is 0 Å². The highest BCUT2D eigenvalue weighted by Gasteiger charge is 2.54. The standard InChI is InChI=1S/C14H16ClN5/c15-12-4-3-10(16)7-11(12)13-17-18-19-20(13)8-14(5-6-14)9-1-2-9/h3-4,7,9H,1-2,5-6,8,16H2. The number of nitrogens with zero attached hydrogens (tertiary/aromatic N) is 4. The maximum atomic E-state index is 6.26. The van der Waals surface area contributed by atoms with Gasteiger partial charge in [0, 0.05) is 11.3 Å². The minimum absolute atomic E-state index is 0.441. The number of tetrazole rings is 1. The summed E-state index contributed by atoms with van der Waals surface area (Å²) in [5, 5.41) is 12.8. The van der Waals surface area contributed by atoms with Crippen molar-refractivity contribution < 1.29 is 0 Å². The van der Waals surface area contributed by atoms with Gasteiger partial charge in [0.2, 0.25) is 0 Å². The lowest BCUT2D eigenvalue weighted by atomic mass is 10.0. The van der Waals surface area contributed by atoms with Gasteiger partial charge >= 0.3 is 0 Å². The molecule has 5 nitrogen and oxygen atoms in total. The van der Waals surface area contributed by atoms with Gasteiger partial charge in [-0.05, 0) is 65.6 Å². The van der Waals surface area contributed by atoms with E-state index in [0.717, 1.165) is 18.0 Å². The van der Waals surface area contributed by atoms with Crippen LogP contribution in [-0.2, 0) is 6.54 Å². The molecule has 1 aromatic carbocycles. The molecule has 104 valence electrons. The fourth-order valence-corrected chi connectivity index (χ4v) is 3.27.